The van der Waals surface area contributed by atoms with Crippen LogP contribution >= 0.6 is 23.2 Å². The van der Waals surface area contributed by atoms with E-state index in [1.165, 1.54) is 0 Å². The average molecular weight is 304 g/mol. The van der Waals surface area contributed by atoms with Crippen LogP contribution in [0.1, 0.15) is 6.92 Å². The fraction of sp³-hybridized carbons (Fsp3) is 0.500. The van der Waals surface area contributed by atoms with Gasteiger partial charge in [0.25, 0.3) is 0 Å². The van der Waals surface area contributed by atoms with Gasteiger partial charge in [-0.1, -0.05) is 23.2 Å². The van der Waals surface area contributed by atoms with Crippen LogP contribution in [0.25, 0.3) is 0 Å². The molecule has 0 radical (unpaired) electrons. The van der Waals surface area contributed by atoms with Crippen LogP contribution in [0, 0.1) is 0 Å². The lowest BCUT2D eigenvalue weighted by atomic mass is 10.2. The molecule has 2 rings (SSSR count). The molecular weight excluding hydrogens is 289 g/mol. The standard InChI is InChI=1S/C12H15Cl2N3O2/c1-8(12(18)19)16-2-4-17(5-3-16)11-10(14)6-9(13)7-15-11/h6-8H,2-5H2,1H3,(H,18,19)/t8-/m1/s1. The second kappa shape index (κ2) is 5.94. The minimum atomic E-state index is -0.795. The van der Waals surface area contributed by atoms with E-state index >= 15 is 0 Å². The lowest BCUT2D eigenvalue weighted by Gasteiger charge is -2.37. The molecule has 5 nitrogen and oxygen atoms in total. The van der Waals surface area contributed by atoms with Gasteiger partial charge in [-0.05, 0) is 13.0 Å². The molecule has 1 atom stereocenters. The van der Waals surface area contributed by atoms with Crippen molar-refractivity contribution in [3.8, 4) is 0 Å². The summed E-state index contributed by atoms with van der Waals surface area (Å²) in [4.78, 5) is 19.2. The molecule has 0 saturated carbocycles. The van der Waals surface area contributed by atoms with Gasteiger partial charge in [-0.3, -0.25) is 9.69 Å². The summed E-state index contributed by atoms with van der Waals surface area (Å²) >= 11 is 11.9. The first-order valence-electron chi connectivity index (χ1n) is 6.02. The van der Waals surface area contributed by atoms with Gasteiger partial charge in [0.1, 0.15) is 11.9 Å². The summed E-state index contributed by atoms with van der Waals surface area (Å²) in [6.07, 6.45) is 1.56. The van der Waals surface area contributed by atoms with Crippen molar-refractivity contribution in [2.45, 2.75) is 13.0 Å². The van der Waals surface area contributed by atoms with Gasteiger partial charge >= 0.3 is 5.97 Å². The highest BCUT2D eigenvalue weighted by molar-refractivity contribution is 6.36. The first-order valence-corrected chi connectivity index (χ1v) is 6.77. The van der Waals surface area contributed by atoms with Crippen LogP contribution in [0.4, 0.5) is 5.82 Å². The van der Waals surface area contributed by atoms with E-state index in [2.05, 4.69) is 4.98 Å². The van der Waals surface area contributed by atoms with Crippen LogP contribution in [0.2, 0.25) is 10.0 Å². The summed E-state index contributed by atoms with van der Waals surface area (Å²) in [6.45, 7) is 4.45. The number of carboxylic acids is 1. The molecule has 1 aliphatic heterocycles. The molecule has 1 fully saturated rings. The lowest BCUT2D eigenvalue weighted by Crippen LogP contribution is -2.52. The third-order valence-corrected chi connectivity index (χ3v) is 3.79. The lowest BCUT2D eigenvalue weighted by molar-refractivity contribution is -0.142. The molecule has 1 aromatic heterocycles. The largest absolute Gasteiger partial charge is 0.480 e. The third kappa shape index (κ3) is 3.29. The van der Waals surface area contributed by atoms with Crippen molar-refractivity contribution in [3.05, 3.63) is 22.3 Å². The van der Waals surface area contributed by atoms with Gasteiger partial charge in [-0.25, -0.2) is 4.98 Å². The van der Waals surface area contributed by atoms with Crippen LogP contribution in [0.15, 0.2) is 12.3 Å². The maximum Gasteiger partial charge on any atom is 0.320 e. The topological polar surface area (TPSA) is 56.7 Å². The van der Waals surface area contributed by atoms with Crippen LogP contribution < -0.4 is 4.90 Å². The first kappa shape index (κ1) is 14.4. The van der Waals surface area contributed by atoms with E-state index in [0.29, 0.717) is 42.0 Å². The number of pyridine rings is 1. The average Bonchev–Trinajstić information content (AvgIpc) is 2.38. The monoisotopic (exact) mass is 303 g/mol. The number of aromatic nitrogens is 1. The number of aliphatic carboxylic acids is 1. The molecule has 2 heterocycles. The number of halogens is 2. The van der Waals surface area contributed by atoms with Crippen molar-refractivity contribution in [2.24, 2.45) is 0 Å². The number of nitrogens with zero attached hydrogens (tertiary/aromatic N) is 3. The number of hydrogen-bond donors (Lipinski definition) is 1. The molecule has 0 unspecified atom stereocenters. The number of carboxylic acid groups (broad SMARTS) is 1. The van der Waals surface area contributed by atoms with Gasteiger partial charge in [0.2, 0.25) is 0 Å². The molecule has 1 aromatic rings. The van der Waals surface area contributed by atoms with Gasteiger partial charge in [-0.15, -0.1) is 0 Å². The quantitative estimate of drug-likeness (QED) is 0.925. The van der Waals surface area contributed by atoms with Gasteiger partial charge < -0.3 is 10.0 Å². The predicted molar refractivity (Wildman–Crippen MR) is 75.1 cm³/mol. The van der Waals surface area contributed by atoms with E-state index in [1.54, 1.807) is 19.2 Å². The van der Waals surface area contributed by atoms with Crippen molar-refractivity contribution < 1.29 is 9.90 Å². The number of piperazine rings is 1. The van der Waals surface area contributed by atoms with Crippen molar-refractivity contribution in [3.63, 3.8) is 0 Å². The second-order valence-electron chi connectivity index (χ2n) is 4.50. The Morgan fingerprint density at radius 1 is 1.37 bits per heavy atom. The van der Waals surface area contributed by atoms with Crippen molar-refractivity contribution in [2.75, 3.05) is 31.1 Å². The first-order chi connectivity index (χ1) is 8.99. The highest BCUT2D eigenvalue weighted by Crippen LogP contribution is 2.26. The van der Waals surface area contributed by atoms with E-state index in [0.717, 1.165) is 0 Å². The summed E-state index contributed by atoms with van der Waals surface area (Å²) in [5.74, 6) is -0.0928. The van der Waals surface area contributed by atoms with Crippen molar-refractivity contribution in [1.82, 2.24) is 9.88 Å². The SMILES string of the molecule is C[C@H](C(=O)O)N1CCN(c2ncc(Cl)cc2Cl)CC1. The number of carbonyl (C=O) groups is 1. The van der Waals surface area contributed by atoms with Crippen LogP contribution in [-0.4, -0.2) is 53.2 Å². The van der Waals surface area contributed by atoms with Gasteiger partial charge in [0.05, 0.1) is 10.0 Å². The Labute approximate surface area is 121 Å². The number of hydrogen-bond acceptors (Lipinski definition) is 4. The zero-order valence-corrected chi connectivity index (χ0v) is 12.0. The molecule has 0 amide bonds. The maximum absolute atomic E-state index is 10.9. The Kier molecular flexibility index (Phi) is 4.50. The molecule has 1 N–H and O–H groups in total. The number of anilines is 1. The predicted octanol–water partition coefficient (Wildman–Crippen LogP) is 1.98. The highest BCUT2D eigenvalue weighted by atomic mass is 35.5. The molecule has 1 saturated heterocycles. The Morgan fingerprint density at radius 2 is 2.00 bits per heavy atom. The summed E-state index contributed by atoms with van der Waals surface area (Å²) in [5, 5.41) is 10.0. The van der Waals surface area contributed by atoms with Crippen LogP contribution in [0.3, 0.4) is 0 Å². The number of rotatable bonds is 3. The minimum absolute atomic E-state index is 0.462. The van der Waals surface area contributed by atoms with E-state index in [-0.39, 0.29) is 0 Å². The Balaban J connectivity index is 2.02. The van der Waals surface area contributed by atoms with Gasteiger partial charge in [0, 0.05) is 32.4 Å². The highest BCUT2D eigenvalue weighted by Gasteiger charge is 2.26. The molecule has 104 valence electrons. The zero-order valence-electron chi connectivity index (χ0n) is 10.5. The van der Waals surface area contributed by atoms with Crippen LogP contribution in [-0.2, 0) is 4.79 Å². The zero-order chi connectivity index (χ0) is 14.0. The molecule has 1 aliphatic rings. The summed E-state index contributed by atoms with van der Waals surface area (Å²) < 4.78 is 0. The molecule has 0 spiro atoms. The van der Waals surface area contributed by atoms with Crippen molar-refractivity contribution in [1.29, 1.82) is 0 Å². The molecule has 19 heavy (non-hydrogen) atoms. The molecular formula is C12H15Cl2N3O2. The third-order valence-electron chi connectivity index (χ3n) is 3.31. The van der Waals surface area contributed by atoms with Gasteiger partial charge in [0.15, 0.2) is 0 Å². The fourth-order valence-electron chi connectivity index (χ4n) is 2.12. The molecule has 0 aliphatic carbocycles. The van der Waals surface area contributed by atoms with E-state index in [9.17, 15) is 4.79 Å². The summed E-state index contributed by atoms with van der Waals surface area (Å²) in [5.41, 5.74) is 0. The van der Waals surface area contributed by atoms with Gasteiger partial charge in [-0.2, -0.15) is 0 Å². The summed E-state index contributed by atoms with van der Waals surface area (Å²) in [6, 6.07) is 1.20. The van der Waals surface area contributed by atoms with Crippen LogP contribution in [0.5, 0.6) is 0 Å². The van der Waals surface area contributed by atoms with E-state index in [1.807, 2.05) is 9.80 Å². The normalized spacial score (nSPS) is 18.4. The Hall–Kier alpha value is -1.04. The smallest absolute Gasteiger partial charge is 0.320 e. The van der Waals surface area contributed by atoms with E-state index < -0.39 is 12.0 Å². The van der Waals surface area contributed by atoms with E-state index in [4.69, 9.17) is 28.3 Å². The molecule has 7 heteroatoms. The summed E-state index contributed by atoms with van der Waals surface area (Å²) in [7, 11) is 0. The Bertz CT molecular complexity index is 476. The maximum atomic E-state index is 10.9. The minimum Gasteiger partial charge on any atom is -0.480 e. The fourth-order valence-corrected chi connectivity index (χ4v) is 2.62. The van der Waals surface area contributed by atoms with Crippen molar-refractivity contribution >= 4 is 35.0 Å². The second-order valence-corrected chi connectivity index (χ2v) is 5.34. The molecule has 0 aromatic carbocycles. The molecule has 0 bridgehead atoms. The Morgan fingerprint density at radius 3 is 2.53 bits per heavy atom.